The van der Waals surface area contributed by atoms with Gasteiger partial charge in [0.05, 0.1) is 0 Å². The van der Waals surface area contributed by atoms with E-state index in [1.54, 1.807) is 12.1 Å². The zero-order valence-electron chi connectivity index (χ0n) is 14.7. The molecule has 134 valence electrons. The predicted octanol–water partition coefficient (Wildman–Crippen LogP) is 2.57. The fourth-order valence-corrected chi connectivity index (χ4v) is 2.52. The van der Waals surface area contributed by atoms with Crippen molar-refractivity contribution >= 4 is 5.91 Å². The first-order chi connectivity index (χ1) is 12.4. The van der Waals surface area contributed by atoms with E-state index in [1.807, 2.05) is 44.2 Å². The third kappa shape index (κ3) is 4.30. The van der Waals surface area contributed by atoms with Gasteiger partial charge in [0.1, 0.15) is 12.4 Å². The van der Waals surface area contributed by atoms with Crippen LogP contribution in [-0.4, -0.2) is 32.7 Å². The van der Waals surface area contributed by atoms with Crippen LogP contribution in [-0.2, 0) is 16.8 Å². The van der Waals surface area contributed by atoms with Crippen molar-refractivity contribution in [3.63, 3.8) is 0 Å². The Hall–Kier alpha value is -3.09. The minimum Gasteiger partial charge on any atom is -0.354 e. The number of carbonyl (C=O) groups excluding carboxylic acids is 1. The van der Waals surface area contributed by atoms with Crippen molar-refractivity contribution in [1.29, 1.82) is 0 Å². The zero-order valence-corrected chi connectivity index (χ0v) is 14.7. The number of hydrogen-bond acceptors (Lipinski definition) is 4. The fraction of sp³-hybridized carbons (Fsp3) is 0.263. The molecule has 0 spiro atoms. The molecule has 0 fully saturated rings. The van der Waals surface area contributed by atoms with Crippen LogP contribution < -0.4 is 5.32 Å². The molecule has 1 heterocycles. The summed E-state index contributed by atoms with van der Waals surface area (Å²) in [6.45, 7) is 4.38. The summed E-state index contributed by atoms with van der Waals surface area (Å²) in [5.74, 6) is -0.0118. The van der Waals surface area contributed by atoms with E-state index in [-0.39, 0.29) is 23.7 Å². The number of halogens is 1. The number of amides is 1. The van der Waals surface area contributed by atoms with E-state index in [0.717, 1.165) is 11.1 Å². The first-order valence-electron chi connectivity index (χ1n) is 8.30. The molecule has 0 aliphatic heterocycles. The van der Waals surface area contributed by atoms with Crippen LogP contribution in [0, 0.1) is 5.82 Å². The quantitative estimate of drug-likeness (QED) is 0.739. The van der Waals surface area contributed by atoms with Gasteiger partial charge in [-0.25, -0.2) is 4.39 Å². The molecule has 0 unspecified atom stereocenters. The maximum Gasteiger partial charge on any atom is 0.243 e. The molecule has 1 aromatic heterocycles. The zero-order chi connectivity index (χ0) is 18.6. The summed E-state index contributed by atoms with van der Waals surface area (Å²) in [4.78, 5) is 13.5. The highest BCUT2D eigenvalue weighted by molar-refractivity contribution is 5.75. The second-order valence-corrected chi connectivity index (χ2v) is 6.68. The minimum absolute atomic E-state index is 0.0146. The highest BCUT2D eigenvalue weighted by Gasteiger charge is 2.21. The smallest absolute Gasteiger partial charge is 0.243 e. The second-order valence-electron chi connectivity index (χ2n) is 6.68. The third-order valence-electron chi connectivity index (χ3n) is 4.12. The third-order valence-corrected chi connectivity index (χ3v) is 4.12. The van der Waals surface area contributed by atoms with E-state index >= 15 is 0 Å². The van der Waals surface area contributed by atoms with Gasteiger partial charge in [0.15, 0.2) is 0 Å². The van der Waals surface area contributed by atoms with Crippen molar-refractivity contribution in [2.45, 2.75) is 25.8 Å². The molecule has 0 aliphatic rings. The van der Waals surface area contributed by atoms with Gasteiger partial charge in [-0.2, -0.15) is 4.80 Å². The van der Waals surface area contributed by atoms with Crippen molar-refractivity contribution in [2.75, 3.05) is 6.54 Å². The van der Waals surface area contributed by atoms with E-state index in [2.05, 4.69) is 20.7 Å². The van der Waals surface area contributed by atoms with E-state index in [1.165, 1.54) is 16.9 Å². The molecule has 0 atom stereocenters. The Morgan fingerprint density at radius 2 is 1.81 bits per heavy atom. The molecule has 0 saturated heterocycles. The van der Waals surface area contributed by atoms with Gasteiger partial charge in [0.25, 0.3) is 0 Å². The van der Waals surface area contributed by atoms with Crippen LogP contribution in [0.2, 0.25) is 0 Å². The number of tetrazole rings is 1. The molecule has 0 saturated carbocycles. The highest BCUT2D eigenvalue weighted by Crippen LogP contribution is 2.22. The van der Waals surface area contributed by atoms with E-state index in [9.17, 15) is 9.18 Å². The van der Waals surface area contributed by atoms with Gasteiger partial charge in [-0.15, -0.1) is 10.2 Å². The molecular weight excluding hydrogens is 333 g/mol. The molecule has 3 rings (SSSR count). The Balaban J connectivity index is 1.57. The topological polar surface area (TPSA) is 72.7 Å². The normalized spacial score (nSPS) is 11.3. The molecule has 1 N–H and O–H groups in total. The highest BCUT2D eigenvalue weighted by atomic mass is 19.1. The van der Waals surface area contributed by atoms with Gasteiger partial charge >= 0.3 is 0 Å². The van der Waals surface area contributed by atoms with Crippen LogP contribution in [0.1, 0.15) is 19.4 Å². The monoisotopic (exact) mass is 353 g/mol. The van der Waals surface area contributed by atoms with Gasteiger partial charge in [0.2, 0.25) is 11.7 Å². The molecule has 26 heavy (non-hydrogen) atoms. The van der Waals surface area contributed by atoms with Crippen LogP contribution in [0.5, 0.6) is 0 Å². The summed E-state index contributed by atoms with van der Waals surface area (Å²) in [5.41, 5.74) is 1.47. The van der Waals surface area contributed by atoms with E-state index in [4.69, 9.17) is 0 Å². The van der Waals surface area contributed by atoms with Crippen LogP contribution in [0.3, 0.4) is 0 Å². The molecular formula is C19H20FN5O. The van der Waals surface area contributed by atoms with Crippen LogP contribution in [0.4, 0.5) is 4.39 Å². The summed E-state index contributed by atoms with van der Waals surface area (Å²) in [5, 5.41) is 15.0. The molecule has 2 aromatic carbocycles. The van der Waals surface area contributed by atoms with Crippen molar-refractivity contribution in [1.82, 2.24) is 25.5 Å². The number of hydrogen-bond donors (Lipinski definition) is 1. The van der Waals surface area contributed by atoms with Gasteiger partial charge < -0.3 is 5.32 Å². The lowest BCUT2D eigenvalue weighted by molar-refractivity contribution is -0.122. The summed E-state index contributed by atoms with van der Waals surface area (Å²) < 4.78 is 13.1. The first-order valence-corrected chi connectivity index (χ1v) is 8.30. The molecule has 0 bridgehead atoms. The summed E-state index contributed by atoms with van der Waals surface area (Å²) in [6, 6.07) is 15.7. The Morgan fingerprint density at radius 3 is 2.50 bits per heavy atom. The average molecular weight is 353 g/mol. The Morgan fingerprint density at radius 1 is 1.12 bits per heavy atom. The average Bonchev–Trinajstić information content (AvgIpc) is 3.10. The number of benzene rings is 2. The first kappa shape index (κ1) is 17.7. The number of nitrogens with one attached hydrogen (secondary N) is 1. The van der Waals surface area contributed by atoms with Gasteiger partial charge in [-0.3, -0.25) is 4.79 Å². The number of aromatic nitrogens is 4. The van der Waals surface area contributed by atoms with E-state index < -0.39 is 0 Å². The minimum atomic E-state index is -0.325. The largest absolute Gasteiger partial charge is 0.354 e. The lowest BCUT2D eigenvalue weighted by atomic mass is 9.84. The second kappa shape index (κ2) is 7.43. The van der Waals surface area contributed by atoms with Gasteiger partial charge in [-0.05, 0) is 22.9 Å². The van der Waals surface area contributed by atoms with Gasteiger partial charge in [0, 0.05) is 17.5 Å². The van der Waals surface area contributed by atoms with Crippen LogP contribution in [0.15, 0.2) is 54.6 Å². The van der Waals surface area contributed by atoms with Crippen molar-refractivity contribution in [3.05, 3.63) is 66.0 Å². The Labute approximate surface area is 151 Å². The maximum absolute atomic E-state index is 13.1. The van der Waals surface area contributed by atoms with Crippen molar-refractivity contribution in [3.8, 4) is 11.4 Å². The molecule has 1 amide bonds. The number of carbonyl (C=O) groups is 1. The predicted molar refractivity (Wildman–Crippen MR) is 95.7 cm³/mol. The summed E-state index contributed by atoms with van der Waals surface area (Å²) in [7, 11) is 0. The molecule has 3 aromatic rings. The SMILES string of the molecule is CC(C)(CNC(=O)Cn1nnc(-c2ccccc2)n1)c1ccc(F)cc1. The standard InChI is InChI=1S/C19H20FN5O/c1-19(2,15-8-10-16(20)11-9-15)13-21-17(26)12-25-23-18(22-24-25)14-6-4-3-5-7-14/h3-11H,12-13H2,1-2H3,(H,21,26). The van der Waals surface area contributed by atoms with Crippen LogP contribution >= 0.6 is 0 Å². The summed E-state index contributed by atoms with van der Waals surface area (Å²) in [6.07, 6.45) is 0. The molecule has 0 aliphatic carbocycles. The molecule has 0 radical (unpaired) electrons. The summed E-state index contributed by atoms with van der Waals surface area (Å²) >= 11 is 0. The van der Waals surface area contributed by atoms with Crippen molar-refractivity contribution in [2.24, 2.45) is 0 Å². The number of rotatable bonds is 6. The lowest BCUT2D eigenvalue weighted by Gasteiger charge is -2.25. The fourth-order valence-electron chi connectivity index (χ4n) is 2.52. The Bertz CT molecular complexity index is 874. The molecule has 6 nitrogen and oxygen atoms in total. The van der Waals surface area contributed by atoms with Crippen LogP contribution in [0.25, 0.3) is 11.4 Å². The van der Waals surface area contributed by atoms with Crippen molar-refractivity contribution < 1.29 is 9.18 Å². The van der Waals surface area contributed by atoms with Gasteiger partial charge in [-0.1, -0.05) is 56.3 Å². The maximum atomic E-state index is 13.1. The number of nitrogens with zero attached hydrogens (tertiary/aromatic N) is 4. The Kier molecular flexibility index (Phi) is 5.06. The van der Waals surface area contributed by atoms with E-state index in [0.29, 0.717) is 12.4 Å². The molecule has 7 heteroatoms. The lowest BCUT2D eigenvalue weighted by Crippen LogP contribution is -2.38.